The van der Waals surface area contributed by atoms with Crippen LogP contribution in [0.5, 0.6) is 0 Å². The summed E-state index contributed by atoms with van der Waals surface area (Å²) in [6.45, 7) is 4.25. The first-order valence-electron chi connectivity index (χ1n) is 6.22. The van der Waals surface area contributed by atoms with Crippen molar-refractivity contribution in [3.63, 3.8) is 0 Å². The van der Waals surface area contributed by atoms with E-state index in [2.05, 4.69) is 22.1 Å². The molecule has 1 fully saturated rings. The van der Waals surface area contributed by atoms with Gasteiger partial charge in [-0.2, -0.15) is 0 Å². The highest BCUT2D eigenvalue weighted by Gasteiger charge is 2.20. The minimum Gasteiger partial charge on any atom is -0.371 e. The lowest BCUT2D eigenvalue weighted by atomic mass is 10.1. The number of carbonyl (C=O) groups excluding carboxylic acids is 1. The van der Waals surface area contributed by atoms with Crippen LogP contribution in [0.1, 0.15) is 35.8 Å². The Labute approximate surface area is 102 Å². The van der Waals surface area contributed by atoms with Crippen molar-refractivity contribution < 1.29 is 4.79 Å². The van der Waals surface area contributed by atoms with Gasteiger partial charge in [0, 0.05) is 37.6 Å². The Balaban J connectivity index is 2.41. The number of aromatic nitrogens is 1. The molecule has 4 nitrogen and oxygen atoms in total. The van der Waals surface area contributed by atoms with Gasteiger partial charge >= 0.3 is 0 Å². The van der Waals surface area contributed by atoms with E-state index < -0.39 is 0 Å². The predicted molar refractivity (Wildman–Crippen MR) is 68.5 cm³/mol. The highest BCUT2D eigenvalue weighted by molar-refractivity contribution is 5.95. The van der Waals surface area contributed by atoms with Crippen molar-refractivity contribution in [3.8, 4) is 0 Å². The summed E-state index contributed by atoms with van der Waals surface area (Å²) in [6.07, 6.45) is 5.04. The predicted octanol–water partition coefficient (Wildman–Crippen LogP) is 1.60. The van der Waals surface area contributed by atoms with Crippen LogP contribution in [0.2, 0.25) is 0 Å². The van der Waals surface area contributed by atoms with Crippen LogP contribution in [0.4, 0.5) is 5.69 Å². The van der Waals surface area contributed by atoms with Gasteiger partial charge in [0.1, 0.15) is 5.69 Å². The summed E-state index contributed by atoms with van der Waals surface area (Å²) in [6, 6.07) is 2.02. The van der Waals surface area contributed by atoms with E-state index in [1.807, 2.05) is 6.07 Å². The second-order valence-corrected chi connectivity index (χ2v) is 4.28. The SMILES string of the molecule is CCc1c(N2CCCC2)ccnc1C(=O)NC. The number of rotatable bonds is 3. The molecule has 1 aromatic heterocycles. The number of carbonyl (C=O) groups is 1. The van der Waals surface area contributed by atoms with Crippen molar-refractivity contribution in [2.24, 2.45) is 0 Å². The van der Waals surface area contributed by atoms with Gasteiger partial charge in [-0.3, -0.25) is 9.78 Å². The van der Waals surface area contributed by atoms with E-state index in [-0.39, 0.29) is 5.91 Å². The van der Waals surface area contributed by atoms with Crippen LogP contribution in [0.25, 0.3) is 0 Å². The maximum Gasteiger partial charge on any atom is 0.269 e. The number of anilines is 1. The molecule has 0 unspecified atom stereocenters. The van der Waals surface area contributed by atoms with Crippen LogP contribution in [0.3, 0.4) is 0 Å². The number of amides is 1. The molecule has 4 heteroatoms. The molecule has 0 aromatic carbocycles. The number of hydrogen-bond acceptors (Lipinski definition) is 3. The van der Waals surface area contributed by atoms with Crippen molar-refractivity contribution in [1.82, 2.24) is 10.3 Å². The van der Waals surface area contributed by atoms with E-state index in [1.54, 1.807) is 13.2 Å². The summed E-state index contributed by atoms with van der Waals surface area (Å²) in [7, 11) is 1.64. The van der Waals surface area contributed by atoms with Gasteiger partial charge in [0.25, 0.3) is 5.91 Å². The first-order valence-corrected chi connectivity index (χ1v) is 6.22. The summed E-state index contributed by atoms with van der Waals surface area (Å²) in [5, 5.41) is 2.65. The topological polar surface area (TPSA) is 45.2 Å². The molecule has 0 atom stereocenters. The van der Waals surface area contributed by atoms with E-state index in [0.29, 0.717) is 5.69 Å². The molecule has 0 bridgehead atoms. The highest BCUT2D eigenvalue weighted by atomic mass is 16.1. The van der Waals surface area contributed by atoms with Gasteiger partial charge in [-0.05, 0) is 25.3 Å². The second kappa shape index (κ2) is 5.17. The molecule has 0 saturated carbocycles. The quantitative estimate of drug-likeness (QED) is 0.862. The van der Waals surface area contributed by atoms with E-state index in [4.69, 9.17) is 0 Å². The molecule has 0 spiro atoms. The van der Waals surface area contributed by atoms with Crippen LogP contribution >= 0.6 is 0 Å². The van der Waals surface area contributed by atoms with Crippen molar-refractivity contribution in [3.05, 3.63) is 23.5 Å². The summed E-state index contributed by atoms with van der Waals surface area (Å²) in [4.78, 5) is 18.3. The second-order valence-electron chi connectivity index (χ2n) is 4.28. The van der Waals surface area contributed by atoms with Gasteiger partial charge in [-0.25, -0.2) is 0 Å². The summed E-state index contributed by atoms with van der Waals surface area (Å²) in [5.74, 6) is -0.0945. The number of pyridine rings is 1. The zero-order valence-corrected chi connectivity index (χ0v) is 10.5. The Bertz CT molecular complexity index is 411. The molecule has 1 saturated heterocycles. The summed E-state index contributed by atoms with van der Waals surface area (Å²) >= 11 is 0. The molecule has 92 valence electrons. The van der Waals surface area contributed by atoms with Crippen molar-refractivity contribution in [1.29, 1.82) is 0 Å². The zero-order valence-electron chi connectivity index (χ0n) is 10.5. The average Bonchev–Trinajstić information content (AvgIpc) is 2.90. The monoisotopic (exact) mass is 233 g/mol. The van der Waals surface area contributed by atoms with Crippen LogP contribution in [-0.4, -0.2) is 31.0 Å². The van der Waals surface area contributed by atoms with Gasteiger partial charge in [0.05, 0.1) is 0 Å². The van der Waals surface area contributed by atoms with Gasteiger partial charge < -0.3 is 10.2 Å². The molecule has 1 aliphatic rings. The standard InChI is InChI=1S/C13H19N3O/c1-3-10-11(16-8-4-5-9-16)6-7-15-12(10)13(17)14-2/h6-7H,3-5,8-9H2,1-2H3,(H,14,17). The smallest absolute Gasteiger partial charge is 0.269 e. The molecular formula is C13H19N3O. The van der Waals surface area contributed by atoms with E-state index in [9.17, 15) is 4.79 Å². The van der Waals surface area contributed by atoms with Crippen molar-refractivity contribution in [2.75, 3.05) is 25.0 Å². The lowest BCUT2D eigenvalue weighted by molar-refractivity contribution is 0.0957. The van der Waals surface area contributed by atoms with Gasteiger partial charge in [-0.15, -0.1) is 0 Å². The minimum atomic E-state index is -0.0945. The lowest BCUT2D eigenvalue weighted by Gasteiger charge is -2.22. The number of nitrogens with one attached hydrogen (secondary N) is 1. The molecule has 2 rings (SSSR count). The van der Waals surface area contributed by atoms with Gasteiger partial charge in [0.15, 0.2) is 0 Å². The highest BCUT2D eigenvalue weighted by Crippen LogP contribution is 2.26. The average molecular weight is 233 g/mol. The number of nitrogens with zero attached hydrogens (tertiary/aromatic N) is 2. The maximum atomic E-state index is 11.8. The molecular weight excluding hydrogens is 214 g/mol. The van der Waals surface area contributed by atoms with E-state index in [1.165, 1.54) is 18.5 Å². The van der Waals surface area contributed by atoms with Crippen molar-refractivity contribution >= 4 is 11.6 Å². The third kappa shape index (κ3) is 2.25. The number of hydrogen-bond donors (Lipinski definition) is 1. The van der Waals surface area contributed by atoms with E-state index in [0.717, 1.165) is 25.1 Å². The van der Waals surface area contributed by atoms with Crippen LogP contribution in [0.15, 0.2) is 12.3 Å². The molecule has 1 aliphatic heterocycles. The molecule has 1 amide bonds. The largest absolute Gasteiger partial charge is 0.371 e. The van der Waals surface area contributed by atoms with Crippen LogP contribution in [-0.2, 0) is 6.42 Å². The Morgan fingerprint density at radius 3 is 2.76 bits per heavy atom. The summed E-state index contributed by atoms with van der Waals surface area (Å²) in [5.41, 5.74) is 2.81. The molecule has 0 aliphatic carbocycles. The fraction of sp³-hybridized carbons (Fsp3) is 0.538. The Kier molecular flexibility index (Phi) is 3.61. The molecule has 0 radical (unpaired) electrons. The third-order valence-electron chi connectivity index (χ3n) is 3.27. The Morgan fingerprint density at radius 1 is 1.47 bits per heavy atom. The Morgan fingerprint density at radius 2 is 2.18 bits per heavy atom. The third-order valence-corrected chi connectivity index (χ3v) is 3.27. The minimum absolute atomic E-state index is 0.0945. The molecule has 1 aromatic rings. The van der Waals surface area contributed by atoms with Crippen LogP contribution in [0, 0.1) is 0 Å². The molecule has 17 heavy (non-hydrogen) atoms. The fourth-order valence-electron chi connectivity index (χ4n) is 2.40. The first-order chi connectivity index (χ1) is 8.27. The zero-order chi connectivity index (χ0) is 12.3. The van der Waals surface area contributed by atoms with Crippen LogP contribution < -0.4 is 10.2 Å². The first kappa shape index (κ1) is 11.9. The lowest BCUT2D eigenvalue weighted by Crippen LogP contribution is -2.25. The van der Waals surface area contributed by atoms with Gasteiger partial charge in [0.2, 0.25) is 0 Å². The molecule has 2 heterocycles. The Hall–Kier alpha value is -1.58. The van der Waals surface area contributed by atoms with E-state index >= 15 is 0 Å². The fourth-order valence-corrected chi connectivity index (χ4v) is 2.40. The molecule has 1 N–H and O–H groups in total. The van der Waals surface area contributed by atoms with Gasteiger partial charge in [-0.1, -0.05) is 6.92 Å². The normalized spacial score (nSPS) is 15.1. The van der Waals surface area contributed by atoms with Crippen molar-refractivity contribution in [2.45, 2.75) is 26.2 Å². The maximum absolute atomic E-state index is 11.8. The summed E-state index contributed by atoms with van der Waals surface area (Å²) < 4.78 is 0.